The molecule has 0 bridgehead atoms. The molecular weight excluding hydrogens is 378 g/mol. The van der Waals surface area contributed by atoms with Gasteiger partial charge in [0.25, 0.3) is 5.91 Å². The van der Waals surface area contributed by atoms with Crippen LogP contribution in [0.1, 0.15) is 30.5 Å². The minimum absolute atomic E-state index is 0.0250. The summed E-state index contributed by atoms with van der Waals surface area (Å²) in [4.78, 5) is 22.7. The fourth-order valence-corrected chi connectivity index (χ4v) is 4.77. The van der Waals surface area contributed by atoms with Crippen LogP contribution in [0.25, 0.3) is 6.08 Å². The summed E-state index contributed by atoms with van der Waals surface area (Å²) < 4.78 is 0. The van der Waals surface area contributed by atoms with Crippen LogP contribution in [0.2, 0.25) is 0 Å². The van der Waals surface area contributed by atoms with Gasteiger partial charge in [0.15, 0.2) is 5.17 Å². The average Bonchev–Trinajstić information content (AvgIpc) is 3.03. The van der Waals surface area contributed by atoms with Crippen molar-refractivity contribution in [2.24, 2.45) is 4.99 Å². The summed E-state index contributed by atoms with van der Waals surface area (Å²) in [7, 11) is 0. The first-order valence-electron chi connectivity index (χ1n) is 9.97. The van der Waals surface area contributed by atoms with Crippen molar-refractivity contribution in [3.8, 4) is 0 Å². The number of hydrogen-bond acceptors (Lipinski definition) is 4. The lowest BCUT2D eigenvalue weighted by Gasteiger charge is -2.30. The molecule has 2 aromatic rings. The zero-order valence-electron chi connectivity index (χ0n) is 17.3. The number of benzene rings is 2. The highest BCUT2D eigenvalue weighted by Gasteiger charge is 2.36. The summed E-state index contributed by atoms with van der Waals surface area (Å²) in [5, 5.41) is 0.739. The Morgan fingerprint density at radius 1 is 0.897 bits per heavy atom. The van der Waals surface area contributed by atoms with Gasteiger partial charge in [0.2, 0.25) is 0 Å². The second kappa shape index (κ2) is 7.91. The van der Waals surface area contributed by atoms with Crippen molar-refractivity contribution in [3.05, 3.63) is 75.8 Å². The first-order valence-corrected chi connectivity index (χ1v) is 10.8. The number of fused-ring (bicyclic) bond motifs is 1. The molecule has 1 saturated heterocycles. The summed E-state index contributed by atoms with van der Waals surface area (Å²) >= 11 is 1.47. The van der Waals surface area contributed by atoms with Gasteiger partial charge in [-0.15, -0.1) is 0 Å². The van der Waals surface area contributed by atoms with Crippen LogP contribution in [0.15, 0.2) is 64.1 Å². The van der Waals surface area contributed by atoms with Gasteiger partial charge in [-0.25, -0.2) is 4.99 Å². The molecule has 1 fully saturated rings. The number of anilines is 1. The van der Waals surface area contributed by atoms with Gasteiger partial charge in [0.05, 0.1) is 11.4 Å². The molecule has 2 aromatic carbocycles. The van der Waals surface area contributed by atoms with E-state index in [1.54, 1.807) is 4.90 Å². The van der Waals surface area contributed by atoms with E-state index in [1.165, 1.54) is 28.5 Å². The fraction of sp³-hybridized carbons (Fsp3) is 0.250. The average molecular weight is 404 g/mol. The molecule has 0 unspecified atom stereocenters. The Hall–Kier alpha value is -2.79. The summed E-state index contributed by atoms with van der Waals surface area (Å²) in [5.74, 6) is 0.0250. The van der Waals surface area contributed by atoms with Gasteiger partial charge in [0, 0.05) is 18.8 Å². The van der Waals surface area contributed by atoms with Gasteiger partial charge in [-0.1, -0.05) is 35.4 Å². The molecular formula is C24H25N3OS. The van der Waals surface area contributed by atoms with Gasteiger partial charge in [0.1, 0.15) is 4.91 Å². The minimum Gasteiger partial charge on any atom is -0.340 e. The highest BCUT2D eigenvalue weighted by Crippen LogP contribution is 2.40. The van der Waals surface area contributed by atoms with E-state index in [0.717, 1.165) is 33.7 Å². The van der Waals surface area contributed by atoms with Crippen LogP contribution in [-0.2, 0) is 4.79 Å². The van der Waals surface area contributed by atoms with Crippen molar-refractivity contribution in [1.29, 1.82) is 0 Å². The second-order valence-corrected chi connectivity index (χ2v) is 8.21. The van der Waals surface area contributed by atoms with Crippen LogP contribution in [0.4, 0.5) is 11.4 Å². The Bertz CT molecular complexity index is 1050. The molecule has 29 heavy (non-hydrogen) atoms. The number of nitrogens with zero attached hydrogens (tertiary/aromatic N) is 3. The normalized spacial score (nSPS) is 20.0. The van der Waals surface area contributed by atoms with Crippen molar-refractivity contribution in [3.63, 3.8) is 0 Å². The number of carbonyl (C=O) groups excluding carboxylic acids is 1. The molecule has 0 aliphatic carbocycles. The Balaban J connectivity index is 1.76. The van der Waals surface area contributed by atoms with Crippen molar-refractivity contribution in [2.75, 3.05) is 18.0 Å². The van der Waals surface area contributed by atoms with Crippen LogP contribution >= 0.6 is 11.8 Å². The maximum absolute atomic E-state index is 13.2. The zero-order chi connectivity index (χ0) is 20.5. The van der Waals surface area contributed by atoms with Crippen molar-refractivity contribution in [1.82, 2.24) is 4.90 Å². The molecule has 148 valence electrons. The third kappa shape index (κ3) is 3.62. The number of carbonyl (C=O) groups is 1. The fourth-order valence-electron chi connectivity index (χ4n) is 3.63. The van der Waals surface area contributed by atoms with Gasteiger partial charge in [-0.05, 0) is 75.4 Å². The molecule has 1 amide bonds. The molecule has 0 N–H and O–H groups in total. The number of hydrogen-bond donors (Lipinski definition) is 0. The smallest absolute Gasteiger partial charge is 0.268 e. The van der Waals surface area contributed by atoms with E-state index in [1.807, 2.05) is 31.2 Å². The molecule has 2 heterocycles. The minimum atomic E-state index is 0.0250. The number of aryl methyl sites for hydroxylation is 2. The van der Waals surface area contributed by atoms with Gasteiger partial charge < -0.3 is 4.90 Å². The molecule has 4 rings (SSSR count). The molecule has 5 heteroatoms. The van der Waals surface area contributed by atoms with Crippen LogP contribution in [-0.4, -0.2) is 29.1 Å². The lowest BCUT2D eigenvalue weighted by atomic mass is 10.0. The summed E-state index contributed by atoms with van der Waals surface area (Å²) in [6.45, 7) is 9.65. The Kier molecular flexibility index (Phi) is 5.33. The molecule has 0 aromatic heterocycles. The summed E-state index contributed by atoms with van der Waals surface area (Å²) in [6.07, 6.45) is 4.17. The Morgan fingerprint density at radius 3 is 2.28 bits per heavy atom. The van der Waals surface area contributed by atoms with Gasteiger partial charge >= 0.3 is 0 Å². The van der Waals surface area contributed by atoms with Crippen LogP contribution in [0.3, 0.4) is 0 Å². The first kappa shape index (κ1) is 19.5. The number of likely N-dealkylation sites (N-methyl/N-ethyl adjacent to an activating group) is 2. The maximum Gasteiger partial charge on any atom is 0.268 e. The quantitative estimate of drug-likeness (QED) is 0.621. The van der Waals surface area contributed by atoms with E-state index >= 15 is 0 Å². The number of amides is 1. The SMILES string of the molecule is CCN1C(=O)C(=C2C=Cc3cc(C)ccc3N2CC)SC1=Nc1ccc(C)cc1. The third-order valence-electron chi connectivity index (χ3n) is 5.17. The first-order chi connectivity index (χ1) is 14.0. The van der Waals surface area contributed by atoms with Crippen molar-refractivity contribution in [2.45, 2.75) is 27.7 Å². The largest absolute Gasteiger partial charge is 0.340 e. The molecule has 2 aliphatic heterocycles. The lowest BCUT2D eigenvalue weighted by Crippen LogP contribution is -2.30. The number of aliphatic imine (C=N–C) groups is 1. The highest BCUT2D eigenvalue weighted by atomic mass is 32.2. The van der Waals surface area contributed by atoms with Crippen molar-refractivity contribution >= 4 is 40.3 Å². The summed E-state index contributed by atoms with van der Waals surface area (Å²) in [5.41, 5.74) is 6.57. The number of rotatable bonds is 3. The number of amidine groups is 1. The van der Waals surface area contributed by atoms with Crippen LogP contribution < -0.4 is 4.90 Å². The third-order valence-corrected chi connectivity index (χ3v) is 6.25. The molecule has 0 radical (unpaired) electrons. The van der Waals surface area contributed by atoms with E-state index in [-0.39, 0.29) is 5.91 Å². The van der Waals surface area contributed by atoms with Crippen LogP contribution in [0, 0.1) is 13.8 Å². The van der Waals surface area contributed by atoms with Gasteiger partial charge in [-0.3, -0.25) is 9.69 Å². The summed E-state index contributed by atoms with van der Waals surface area (Å²) in [6, 6.07) is 14.5. The maximum atomic E-state index is 13.2. The number of allylic oxidation sites excluding steroid dienone is 1. The standard InChI is InChI=1S/C24H25N3OS/c1-5-26-20-13-9-17(4)15-18(20)10-14-21(26)22-23(28)27(6-2)24(29-22)25-19-11-7-16(3)8-12-19/h7-15H,5-6H2,1-4H3. The van der Waals surface area contributed by atoms with Crippen molar-refractivity contribution < 1.29 is 4.79 Å². The van der Waals surface area contributed by atoms with E-state index < -0.39 is 0 Å². The van der Waals surface area contributed by atoms with E-state index in [9.17, 15) is 4.79 Å². The topological polar surface area (TPSA) is 35.9 Å². The predicted octanol–water partition coefficient (Wildman–Crippen LogP) is 5.65. The molecule has 4 nitrogen and oxygen atoms in total. The van der Waals surface area contributed by atoms with E-state index in [2.05, 4.69) is 56.0 Å². The molecule has 0 saturated carbocycles. The molecule has 0 spiro atoms. The second-order valence-electron chi connectivity index (χ2n) is 7.24. The van der Waals surface area contributed by atoms with E-state index in [4.69, 9.17) is 4.99 Å². The monoisotopic (exact) mass is 403 g/mol. The van der Waals surface area contributed by atoms with E-state index in [0.29, 0.717) is 6.54 Å². The predicted molar refractivity (Wildman–Crippen MR) is 124 cm³/mol. The molecule has 2 aliphatic rings. The van der Waals surface area contributed by atoms with Gasteiger partial charge in [-0.2, -0.15) is 0 Å². The molecule has 0 atom stereocenters. The number of thioether (sulfide) groups is 1. The van der Waals surface area contributed by atoms with Crippen LogP contribution in [0.5, 0.6) is 0 Å². The Labute approximate surface area is 176 Å². The highest BCUT2D eigenvalue weighted by molar-refractivity contribution is 8.18. The lowest BCUT2D eigenvalue weighted by molar-refractivity contribution is -0.122. The Morgan fingerprint density at radius 2 is 1.59 bits per heavy atom. The zero-order valence-corrected chi connectivity index (χ0v) is 18.1.